The molecular weight excluding hydrogens is 323 g/mol. The van der Waals surface area contributed by atoms with Crippen molar-refractivity contribution < 1.29 is 0 Å². The van der Waals surface area contributed by atoms with Crippen molar-refractivity contribution >= 4 is 46.2 Å². The van der Waals surface area contributed by atoms with Gasteiger partial charge in [0.15, 0.2) is 5.11 Å². The Hall–Kier alpha value is -0.510. The highest BCUT2D eigenvalue weighted by molar-refractivity contribution is 7.80. The van der Waals surface area contributed by atoms with E-state index in [0.717, 1.165) is 18.7 Å². The van der Waals surface area contributed by atoms with Crippen LogP contribution in [0.15, 0.2) is 18.2 Å². The highest BCUT2D eigenvalue weighted by Gasteiger charge is 2.05. The van der Waals surface area contributed by atoms with E-state index >= 15 is 0 Å². The number of halogens is 2. The molecule has 0 aliphatic heterocycles. The van der Waals surface area contributed by atoms with Crippen molar-refractivity contribution in [3.63, 3.8) is 0 Å². The van der Waals surface area contributed by atoms with Crippen LogP contribution in [0, 0.1) is 0 Å². The first-order valence-corrected chi connectivity index (χ1v) is 8.80. The summed E-state index contributed by atoms with van der Waals surface area (Å²) >= 11 is 17.3. The molecule has 0 saturated heterocycles. The molecule has 0 saturated carbocycles. The van der Waals surface area contributed by atoms with Crippen molar-refractivity contribution in [3.05, 3.63) is 28.2 Å². The Balaban J connectivity index is 2.13. The van der Waals surface area contributed by atoms with E-state index in [2.05, 4.69) is 17.6 Å². The predicted molar refractivity (Wildman–Crippen MR) is 98.7 cm³/mol. The van der Waals surface area contributed by atoms with Gasteiger partial charge in [0.25, 0.3) is 0 Å². The molecule has 0 aliphatic rings. The zero-order chi connectivity index (χ0) is 15.5. The first-order valence-electron chi connectivity index (χ1n) is 7.64. The summed E-state index contributed by atoms with van der Waals surface area (Å²) in [4.78, 5) is 0. The molecule has 0 heterocycles. The van der Waals surface area contributed by atoms with Gasteiger partial charge in [0, 0.05) is 6.54 Å². The highest BCUT2D eigenvalue weighted by Crippen LogP contribution is 2.29. The smallest absolute Gasteiger partial charge is 0.170 e. The Morgan fingerprint density at radius 3 is 2.43 bits per heavy atom. The predicted octanol–water partition coefficient (Wildman–Crippen LogP) is 6.03. The summed E-state index contributed by atoms with van der Waals surface area (Å²) in [6, 6.07) is 5.45. The molecule has 0 spiro atoms. The molecule has 0 unspecified atom stereocenters. The van der Waals surface area contributed by atoms with Gasteiger partial charge >= 0.3 is 0 Å². The van der Waals surface area contributed by atoms with Gasteiger partial charge in [0.1, 0.15) is 0 Å². The number of unbranched alkanes of at least 4 members (excludes halogenated alkanes) is 6. The van der Waals surface area contributed by atoms with Crippen LogP contribution in [0.25, 0.3) is 0 Å². The topological polar surface area (TPSA) is 24.1 Å². The normalized spacial score (nSPS) is 10.4. The summed E-state index contributed by atoms with van der Waals surface area (Å²) in [6.07, 6.45) is 9.04. The van der Waals surface area contributed by atoms with E-state index in [-0.39, 0.29) is 0 Å². The second-order valence-corrected chi connectivity index (χ2v) is 6.30. The van der Waals surface area contributed by atoms with Crippen LogP contribution in [0.3, 0.4) is 0 Å². The van der Waals surface area contributed by atoms with Crippen molar-refractivity contribution in [1.82, 2.24) is 5.32 Å². The molecule has 0 aliphatic carbocycles. The van der Waals surface area contributed by atoms with Gasteiger partial charge in [0.05, 0.1) is 15.7 Å². The maximum absolute atomic E-state index is 6.10. The second-order valence-electron chi connectivity index (χ2n) is 5.10. The minimum atomic E-state index is 0.499. The molecule has 5 heteroatoms. The fraction of sp³-hybridized carbons (Fsp3) is 0.562. The number of hydrogen-bond acceptors (Lipinski definition) is 1. The Labute approximate surface area is 143 Å². The summed E-state index contributed by atoms with van der Waals surface area (Å²) in [5.74, 6) is 0. The highest BCUT2D eigenvalue weighted by atomic mass is 35.5. The van der Waals surface area contributed by atoms with Gasteiger partial charge in [-0.1, -0.05) is 74.7 Å². The van der Waals surface area contributed by atoms with Crippen molar-refractivity contribution in [3.8, 4) is 0 Å². The van der Waals surface area contributed by atoms with Gasteiger partial charge in [0.2, 0.25) is 0 Å². The molecule has 2 nitrogen and oxygen atoms in total. The van der Waals surface area contributed by atoms with E-state index in [1.807, 2.05) is 12.1 Å². The molecule has 118 valence electrons. The molecule has 0 aromatic heterocycles. The molecule has 0 bridgehead atoms. The number of rotatable bonds is 9. The summed E-state index contributed by atoms with van der Waals surface area (Å²) in [6.45, 7) is 3.13. The fourth-order valence-electron chi connectivity index (χ4n) is 2.05. The second kappa shape index (κ2) is 11.1. The summed E-state index contributed by atoms with van der Waals surface area (Å²) < 4.78 is 0. The zero-order valence-electron chi connectivity index (χ0n) is 12.6. The van der Waals surface area contributed by atoms with Crippen LogP contribution in [-0.4, -0.2) is 11.7 Å². The molecule has 0 amide bonds. The zero-order valence-corrected chi connectivity index (χ0v) is 14.9. The van der Waals surface area contributed by atoms with Crippen LogP contribution < -0.4 is 10.6 Å². The van der Waals surface area contributed by atoms with Crippen LogP contribution in [0.5, 0.6) is 0 Å². The van der Waals surface area contributed by atoms with Crippen LogP contribution >= 0.6 is 35.4 Å². The van der Waals surface area contributed by atoms with E-state index in [4.69, 9.17) is 35.4 Å². The van der Waals surface area contributed by atoms with Crippen molar-refractivity contribution in [1.29, 1.82) is 0 Å². The molecule has 0 radical (unpaired) electrons. The summed E-state index contributed by atoms with van der Waals surface area (Å²) in [5.41, 5.74) is 0.737. The van der Waals surface area contributed by atoms with E-state index in [1.54, 1.807) is 6.07 Å². The van der Waals surface area contributed by atoms with E-state index in [0.29, 0.717) is 15.2 Å². The monoisotopic (exact) mass is 346 g/mol. The maximum atomic E-state index is 6.10. The molecule has 0 atom stereocenters. The van der Waals surface area contributed by atoms with Gasteiger partial charge in [-0.25, -0.2) is 0 Å². The molecule has 1 aromatic carbocycles. The third kappa shape index (κ3) is 7.89. The van der Waals surface area contributed by atoms with Gasteiger partial charge in [-0.05, 0) is 30.8 Å². The summed E-state index contributed by atoms with van der Waals surface area (Å²) in [5, 5.41) is 7.88. The van der Waals surface area contributed by atoms with Crippen LogP contribution in [0.4, 0.5) is 5.69 Å². The minimum absolute atomic E-state index is 0.499. The maximum Gasteiger partial charge on any atom is 0.170 e. The van der Waals surface area contributed by atoms with E-state index in [1.165, 1.54) is 38.5 Å². The van der Waals surface area contributed by atoms with Crippen molar-refractivity contribution in [2.45, 2.75) is 51.9 Å². The lowest BCUT2D eigenvalue weighted by molar-refractivity contribution is 0.586. The lowest BCUT2D eigenvalue weighted by Gasteiger charge is -2.12. The third-order valence-corrected chi connectivity index (χ3v) is 4.33. The van der Waals surface area contributed by atoms with Crippen LogP contribution in [0.2, 0.25) is 10.0 Å². The number of nitrogens with one attached hydrogen (secondary N) is 2. The molecular formula is C16H24Cl2N2S. The molecule has 0 fully saturated rings. The first-order chi connectivity index (χ1) is 10.1. The molecule has 21 heavy (non-hydrogen) atoms. The lowest BCUT2D eigenvalue weighted by Crippen LogP contribution is -2.29. The number of benzene rings is 1. The van der Waals surface area contributed by atoms with Gasteiger partial charge in [-0.3, -0.25) is 0 Å². The van der Waals surface area contributed by atoms with Crippen LogP contribution in [-0.2, 0) is 0 Å². The molecule has 1 aromatic rings. The van der Waals surface area contributed by atoms with Crippen molar-refractivity contribution in [2.75, 3.05) is 11.9 Å². The average Bonchev–Trinajstić information content (AvgIpc) is 2.47. The average molecular weight is 347 g/mol. The van der Waals surface area contributed by atoms with Crippen molar-refractivity contribution in [2.24, 2.45) is 0 Å². The number of anilines is 1. The fourth-order valence-corrected chi connectivity index (χ4v) is 2.61. The standard InChI is InChI=1S/C16H24Cl2N2S/c1-2-3-4-5-6-7-8-12-19-16(21)20-14-11-9-10-13(17)15(14)18/h9-11H,2-8,12H2,1H3,(H2,19,20,21). The van der Waals surface area contributed by atoms with E-state index in [9.17, 15) is 0 Å². The van der Waals surface area contributed by atoms with Gasteiger partial charge < -0.3 is 10.6 Å². The minimum Gasteiger partial charge on any atom is -0.362 e. The lowest BCUT2D eigenvalue weighted by atomic mass is 10.1. The molecule has 1 rings (SSSR count). The Bertz CT molecular complexity index is 438. The quantitative estimate of drug-likeness (QED) is 0.421. The number of hydrogen-bond donors (Lipinski definition) is 2. The van der Waals surface area contributed by atoms with Crippen LogP contribution in [0.1, 0.15) is 51.9 Å². The van der Waals surface area contributed by atoms with Gasteiger partial charge in [-0.15, -0.1) is 0 Å². The first kappa shape index (κ1) is 18.5. The largest absolute Gasteiger partial charge is 0.362 e. The SMILES string of the molecule is CCCCCCCCCNC(=S)Nc1cccc(Cl)c1Cl. The van der Waals surface area contributed by atoms with Gasteiger partial charge in [-0.2, -0.15) is 0 Å². The van der Waals surface area contributed by atoms with E-state index < -0.39 is 0 Å². The summed E-state index contributed by atoms with van der Waals surface area (Å²) in [7, 11) is 0. The molecule has 2 N–H and O–H groups in total. The Morgan fingerprint density at radius 1 is 1.05 bits per heavy atom. The number of thiocarbonyl (C=S) groups is 1. The Morgan fingerprint density at radius 2 is 1.71 bits per heavy atom. The Kier molecular flexibility index (Phi) is 9.81. The third-order valence-electron chi connectivity index (χ3n) is 3.27.